The third-order valence-corrected chi connectivity index (χ3v) is 4.22. The third-order valence-electron chi connectivity index (χ3n) is 4.22. The molecule has 1 fully saturated rings. The van der Waals surface area contributed by atoms with Crippen LogP contribution in [0.25, 0.3) is 0 Å². The summed E-state index contributed by atoms with van der Waals surface area (Å²) < 4.78 is 6.24. The van der Waals surface area contributed by atoms with Crippen molar-refractivity contribution in [2.75, 3.05) is 6.54 Å². The SMILES string of the molecule is CC(C)CNCc1cccc(OC2CC(C)CC(C)C2)c1. The van der Waals surface area contributed by atoms with Crippen molar-refractivity contribution >= 4 is 0 Å². The van der Waals surface area contributed by atoms with Crippen LogP contribution in [0.2, 0.25) is 0 Å². The maximum Gasteiger partial charge on any atom is 0.120 e. The molecule has 0 aliphatic heterocycles. The summed E-state index contributed by atoms with van der Waals surface area (Å²) in [4.78, 5) is 0. The number of nitrogens with one attached hydrogen (secondary N) is 1. The Hall–Kier alpha value is -1.02. The Morgan fingerprint density at radius 3 is 2.52 bits per heavy atom. The molecule has 1 aromatic rings. The fourth-order valence-electron chi connectivity index (χ4n) is 3.40. The molecule has 0 radical (unpaired) electrons. The molecule has 2 heteroatoms. The van der Waals surface area contributed by atoms with Crippen LogP contribution in [0.5, 0.6) is 5.75 Å². The average Bonchev–Trinajstić information content (AvgIpc) is 2.37. The van der Waals surface area contributed by atoms with Gasteiger partial charge in [0.25, 0.3) is 0 Å². The Bertz CT molecular complexity index is 419. The van der Waals surface area contributed by atoms with Gasteiger partial charge in [-0.1, -0.05) is 39.8 Å². The van der Waals surface area contributed by atoms with E-state index in [1.165, 1.54) is 24.8 Å². The molecular formula is C19H31NO. The van der Waals surface area contributed by atoms with E-state index in [1.807, 2.05) is 0 Å². The van der Waals surface area contributed by atoms with Crippen molar-refractivity contribution in [3.05, 3.63) is 29.8 Å². The second-order valence-corrected chi connectivity index (χ2v) is 7.33. The van der Waals surface area contributed by atoms with E-state index in [-0.39, 0.29) is 0 Å². The van der Waals surface area contributed by atoms with E-state index in [2.05, 4.69) is 57.3 Å². The molecule has 0 heterocycles. The van der Waals surface area contributed by atoms with E-state index in [9.17, 15) is 0 Å². The van der Waals surface area contributed by atoms with Crippen LogP contribution in [-0.2, 0) is 6.54 Å². The van der Waals surface area contributed by atoms with Gasteiger partial charge < -0.3 is 10.1 Å². The van der Waals surface area contributed by atoms with Crippen LogP contribution in [0.1, 0.15) is 52.5 Å². The average molecular weight is 289 g/mol. The van der Waals surface area contributed by atoms with Crippen LogP contribution in [-0.4, -0.2) is 12.6 Å². The van der Waals surface area contributed by atoms with Gasteiger partial charge in [0.05, 0.1) is 6.10 Å². The van der Waals surface area contributed by atoms with Crippen molar-refractivity contribution in [3.8, 4) is 5.75 Å². The molecule has 1 aliphatic rings. The topological polar surface area (TPSA) is 21.3 Å². The molecular weight excluding hydrogens is 258 g/mol. The minimum Gasteiger partial charge on any atom is -0.490 e. The van der Waals surface area contributed by atoms with Crippen LogP contribution < -0.4 is 10.1 Å². The molecule has 0 spiro atoms. The zero-order valence-corrected chi connectivity index (χ0v) is 14.1. The van der Waals surface area contributed by atoms with Crippen LogP contribution in [0.3, 0.4) is 0 Å². The molecule has 118 valence electrons. The van der Waals surface area contributed by atoms with Gasteiger partial charge in [0.1, 0.15) is 5.75 Å². The molecule has 1 aromatic carbocycles. The first-order valence-electron chi connectivity index (χ1n) is 8.49. The van der Waals surface area contributed by atoms with Crippen LogP contribution in [0, 0.1) is 17.8 Å². The van der Waals surface area contributed by atoms with E-state index in [0.717, 1.165) is 30.7 Å². The Balaban J connectivity index is 1.88. The molecule has 21 heavy (non-hydrogen) atoms. The van der Waals surface area contributed by atoms with Gasteiger partial charge in [-0.15, -0.1) is 0 Å². The predicted octanol–water partition coefficient (Wildman–Crippen LogP) is 4.64. The quantitative estimate of drug-likeness (QED) is 0.824. The van der Waals surface area contributed by atoms with Gasteiger partial charge in [-0.25, -0.2) is 0 Å². The summed E-state index contributed by atoms with van der Waals surface area (Å²) in [6.45, 7) is 11.1. The predicted molar refractivity (Wildman–Crippen MR) is 89.6 cm³/mol. The summed E-state index contributed by atoms with van der Waals surface area (Å²) in [6, 6.07) is 8.57. The smallest absolute Gasteiger partial charge is 0.120 e. The van der Waals surface area contributed by atoms with Crippen molar-refractivity contribution in [1.29, 1.82) is 0 Å². The van der Waals surface area contributed by atoms with Gasteiger partial charge in [0.15, 0.2) is 0 Å². The zero-order chi connectivity index (χ0) is 15.2. The molecule has 1 aliphatic carbocycles. The van der Waals surface area contributed by atoms with Gasteiger partial charge in [-0.2, -0.15) is 0 Å². The lowest BCUT2D eigenvalue weighted by atomic mass is 9.82. The van der Waals surface area contributed by atoms with Crippen molar-refractivity contribution in [1.82, 2.24) is 5.32 Å². The van der Waals surface area contributed by atoms with Gasteiger partial charge in [-0.05, 0) is 61.3 Å². The lowest BCUT2D eigenvalue weighted by molar-refractivity contribution is 0.101. The summed E-state index contributed by atoms with van der Waals surface area (Å²) >= 11 is 0. The summed E-state index contributed by atoms with van der Waals surface area (Å²) in [5, 5.41) is 3.49. The molecule has 0 bridgehead atoms. The Labute approximate surface area is 130 Å². The number of ether oxygens (including phenoxy) is 1. The van der Waals surface area contributed by atoms with Crippen molar-refractivity contribution in [3.63, 3.8) is 0 Å². The van der Waals surface area contributed by atoms with E-state index >= 15 is 0 Å². The normalized spacial score (nSPS) is 26.0. The van der Waals surface area contributed by atoms with Gasteiger partial charge in [-0.3, -0.25) is 0 Å². The molecule has 2 nitrogen and oxygen atoms in total. The molecule has 2 unspecified atom stereocenters. The highest BCUT2D eigenvalue weighted by Gasteiger charge is 2.25. The number of rotatable bonds is 6. The second kappa shape index (κ2) is 7.84. The largest absolute Gasteiger partial charge is 0.490 e. The highest BCUT2D eigenvalue weighted by Crippen LogP contribution is 2.31. The maximum atomic E-state index is 6.24. The molecule has 0 saturated heterocycles. The highest BCUT2D eigenvalue weighted by atomic mass is 16.5. The van der Waals surface area contributed by atoms with Crippen LogP contribution in [0.4, 0.5) is 0 Å². The van der Waals surface area contributed by atoms with Gasteiger partial charge in [0.2, 0.25) is 0 Å². The number of hydrogen-bond acceptors (Lipinski definition) is 2. The Morgan fingerprint density at radius 2 is 1.86 bits per heavy atom. The molecule has 2 atom stereocenters. The molecule has 0 amide bonds. The standard InChI is InChI=1S/C19H31NO/c1-14(2)12-20-13-17-6-5-7-18(11-17)21-19-9-15(3)8-16(4)10-19/h5-7,11,14-16,19-20H,8-10,12-13H2,1-4H3. The van der Waals surface area contributed by atoms with E-state index in [1.54, 1.807) is 0 Å². The number of benzene rings is 1. The van der Waals surface area contributed by atoms with Crippen LogP contribution in [0.15, 0.2) is 24.3 Å². The molecule has 1 saturated carbocycles. The summed E-state index contributed by atoms with van der Waals surface area (Å²) in [5.41, 5.74) is 1.31. The third kappa shape index (κ3) is 5.70. The van der Waals surface area contributed by atoms with E-state index in [4.69, 9.17) is 4.74 Å². The summed E-state index contributed by atoms with van der Waals surface area (Å²) in [5.74, 6) is 3.30. The molecule has 2 rings (SSSR count). The lowest BCUT2D eigenvalue weighted by Crippen LogP contribution is -2.28. The minimum absolute atomic E-state index is 0.391. The van der Waals surface area contributed by atoms with Crippen molar-refractivity contribution < 1.29 is 4.74 Å². The van der Waals surface area contributed by atoms with Crippen molar-refractivity contribution in [2.45, 2.75) is 59.6 Å². The Kier molecular flexibility index (Phi) is 6.10. The highest BCUT2D eigenvalue weighted by molar-refractivity contribution is 5.28. The summed E-state index contributed by atoms with van der Waals surface area (Å²) in [6.07, 6.45) is 4.13. The summed E-state index contributed by atoms with van der Waals surface area (Å²) in [7, 11) is 0. The lowest BCUT2D eigenvalue weighted by Gasteiger charge is -2.31. The van der Waals surface area contributed by atoms with Crippen molar-refractivity contribution in [2.24, 2.45) is 17.8 Å². The Morgan fingerprint density at radius 1 is 1.14 bits per heavy atom. The second-order valence-electron chi connectivity index (χ2n) is 7.33. The first kappa shape index (κ1) is 16.4. The first-order chi connectivity index (χ1) is 10.0. The van der Waals surface area contributed by atoms with E-state index < -0.39 is 0 Å². The number of hydrogen-bond donors (Lipinski definition) is 1. The van der Waals surface area contributed by atoms with Gasteiger partial charge >= 0.3 is 0 Å². The van der Waals surface area contributed by atoms with Gasteiger partial charge in [0, 0.05) is 6.54 Å². The fourth-order valence-corrected chi connectivity index (χ4v) is 3.40. The van der Waals surface area contributed by atoms with E-state index in [0.29, 0.717) is 12.0 Å². The first-order valence-corrected chi connectivity index (χ1v) is 8.49. The van der Waals surface area contributed by atoms with Crippen LogP contribution >= 0.6 is 0 Å². The molecule has 0 aromatic heterocycles. The monoisotopic (exact) mass is 289 g/mol. The zero-order valence-electron chi connectivity index (χ0n) is 14.1. The minimum atomic E-state index is 0.391. The molecule has 1 N–H and O–H groups in total. The maximum absolute atomic E-state index is 6.24. The fraction of sp³-hybridized carbons (Fsp3) is 0.684.